The van der Waals surface area contributed by atoms with Gasteiger partial charge in [-0.05, 0) is 77.1 Å². The molecule has 2 amide bonds. The number of pyridine rings is 1. The Morgan fingerprint density at radius 1 is 1.11 bits per heavy atom. The lowest BCUT2D eigenvalue weighted by Gasteiger charge is -2.18. The summed E-state index contributed by atoms with van der Waals surface area (Å²) in [6.45, 7) is 5.26. The first-order valence-electron chi connectivity index (χ1n) is 11.2. The molecule has 0 unspecified atom stereocenters. The molecule has 0 atom stereocenters. The molecule has 0 radical (unpaired) electrons. The third kappa shape index (κ3) is 5.88. The van der Waals surface area contributed by atoms with Crippen LogP contribution < -0.4 is 14.8 Å². The van der Waals surface area contributed by atoms with Crippen molar-refractivity contribution in [1.29, 1.82) is 0 Å². The van der Waals surface area contributed by atoms with Crippen LogP contribution in [0.2, 0.25) is 0 Å². The van der Waals surface area contributed by atoms with Gasteiger partial charge in [0.2, 0.25) is 11.8 Å². The predicted octanol–water partition coefficient (Wildman–Crippen LogP) is 3.74. The average molecular weight is 514 g/mol. The molecule has 10 heteroatoms. The number of halogens is 1. The number of rotatable bonds is 8. The largest absolute Gasteiger partial charge is 0.481 e. The van der Waals surface area contributed by atoms with Crippen molar-refractivity contribution in [3.05, 3.63) is 76.7 Å². The molecule has 0 bridgehead atoms. The molecule has 3 aromatic rings. The summed E-state index contributed by atoms with van der Waals surface area (Å²) in [5.74, 6) is -1.43. The summed E-state index contributed by atoms with van der Waals surface area (Å²) >= 11 is 0. The third-order valence-corrected chi connectivity index (χ3v) is 7.20. The van der Waals surface area contributed by atoms with Gasteiger partial charge in [-0.1, -0.05) is 13.8 Å². The molecule has 3 rings (SSSR count). The van der Waals surface area contributed by atoms with Crippen molar-refractivity contribution in [2.45, 2.75) is 38.0 Å². The van der Waals surface area contributed by atoms with Crippen LogP contribution in [-0.2, 0) is 21.2 Å². The summed E-state index contributed by atoms with van der Waals surface area (Å²) in [4.78, 5) is 28.8. The van der Waals surface area contributed by atoms with Crippen LogP contribution in [0.4, 0.5) is 4.39 Å². The fraction of sp³-hybridized carbons (Fsp3) is 0.269. The lowest BCUT2D eigenvalue weighted by Crippen LogP contribution is -2.32. The quantitative estimate of drug-likeness (QED) is 0.474. The SMILES string of the molecule is CNC(=O)c1ccc(S(=O)(=O)NC(=O)Cc2c(-c3ccnc(OC)c3)cc(F)cc2C(C)C)c(C)c1. The van der Waals surface area contributed by atoms with E-state index in [2.05, 4.69) is 15.0 Å². The van der Waals surface area contributed by atoms with Crippen molar-refractivity contribution in [2.75, 3.05) is 14.2 Å². The molecule has 2 aromatic carbocycles. The molecule has 0 aliphatic rings. The van der Waals surface area contributed by atoms with Crippen molar-refractivity contribution < 1.29 is 27.1 Å². The minimum Gasteiger partial charge on any atom is -0.481 e. The van der Waals surface area contributed by atoms with Gasteiger partial charge in [0.25, 0.3) is 15.9 Å². The van der Waals surface area contributed by atoms with Gasteiger partial charge in [0.15, 0.2) is 0 Å². The van der Waals surface area contributed by atoms with E-state index in [0.29, 0.717) is 39.3 Å². The molecule has 0 aliphatic carbocycles. The topological polar surface area (TPSA) is 114 Å². The van der Waals surface area contributed by atoms with Gasteiger partial charge in [-0.2, -0.15) is 0 Å². The van der Waals surface area contributed by atoms with Crippen LogP contribution in [0.5, 0.6) is 5.88 Å². The summed E-state index contributed by atoms with van der Waals surface area (Å²) in [5, 5.41) is 2.47. The number of amides is 2. The Morgan fingerprint density at radius 3 is 2.44 bits per heavy atom. The summed E-state index contributed by atoms with van der Waals surface area (Å²) < 4.78 is 47.8. The number of hydrogen-bond donors (Lipinski definition) is 2. The zero-order chi connectivity index (χ0) is 26.6. The lowest BCUT2D eigenvalue weighted by atomic mass is 9.88. The summed E-state index contributed by atoms with van der Waals surface area (Å²) in [7, 11) is -1.29. The van der Waals surface area contributed by atoms with Crippen LogP contribution in [0.25, 0.3) is 11.1 Å². The second-order valence-corrected chi connectivity index (χ2v) is 10.2. The van der Waals surface area contributed by atoms with Crippen molar-refractivity contribution in [1.82, 2.24) is 15.0 Å². The number of methoxy groups -OCH3 is 1. The number of ether oxygens (including phenoxy) is 1. The van der Waals surface area contributed by atoms with Gasteiger partial charge in [0.1, 0.15) is 5.82 Å². The molecule has 190 valence electrons. The Morgan fingerprint density at radius 2 is 1.83 bits per heavy atom. The number of carbonyl (C=O) groups is 2. The van der Waals surface area contributed by atoms with E-state index < -0.39 is 21.7 Å². The normalized spacial score (nSPS) is 11.3. The Labute approximate surface area is 210 Å². The number of aromatic nitrogens is 1. The molecule has 0 saturated carbocycles. The predicted molar refractivity (Wildman–Crippen MR) is 134 cm³/mol. The van der Waals surface area contributed by atoms with E-state index in [1.165, 1.54) is 57.6 Å². The molecule has 2 N–H and O–H groups in total. The summed E-state index contributed by atoms with van der Waals surface area (Å²) in [6, 6.07) is 10.0. The first-order valence-corrected chi connectivity index (χ1v) is 12.7. The minimum atomic E-state index is -4.22. The van der Waals surface area contributed by atoms with Gasteiger partial charge in [-0.25, -0.2) is 22.5 Å². The second-order valence-electron chi connectivity index (χ2n) is 8.53. The van der Waals surface area contributed by atoms with Crippen molar-refractivity contribution in [2.24, 2.45) is 0 Å². The van der Waals surface area contributed by atoms with E-state index in [1.54, 1.807) is 12.1 Å². The fourth-order valence-electron chi connectivity index (χ4n) is 3.95. The zero-order valence-electron chi connectivity index (χ0n) is 20.7. The van der Waals surface area contributed by atoms with Gasteiger partial charge < -0.3 is 10.1 Å². The number of hydrogen-bond acceptors (Lipinski definition) is 6. The van der Waals surface area contributed by atoms with Gasteiger partial charge in [-0.15, -0.1) is 0 Å². The summed E-state index contributed by atoms with van der Waals surface area (Å²) in [5.41, 5.74) is 2.71. The maximum atomic E-state index is 14.6. The Balaban J connectivity index is 1.98. The first-order chi connectivity index (χ1) is 17.0. The van der Waals surface area contributed by atoms with E-state index in [-0.39, 0.29) is 23.1 Å². The highest BCUT2D eigenvalue weighted by Gasteiger charge is 2.24. The maximum absolute atomic E-state index is 14.6. The fourth-order valence-corrected chi connectivity index (χ4v) is 5.17. The van der Waals surface area contributed by atoms with Crippen LogP contribution >= 0.6 is 0 Å². The Kier molecular flexibility index (Phi) is 8.09. The minimum absolute atomic E-state index is 0.120. The van der Waals surface area contributed by atoms with Gasteiger partial charge in [0.05, 0.1) is 18.4 Å². The lowest BCUT2D eigenvalue weighted by molar-refractivity contribution is -0.118. The monoisotopic (exact) mass is 513 g/mol. The molecule has 36 heavy (non-hydrogen) atoms. The molecule has 0 saturated heterocycles. The van der Waals surface area contributed by atoms with Gasteiger partial charge in [-0.3, -0.25) is 9.59 Å². The molecule has 0 aliphatic heterocycles. The highest BCUT2D eigenvalue weighted by atomic mass is 32.2. The molecule has 8 nitrogen and oxygen atoms in total. The smallest absolute Gasteiger partial charge is 0.264 e. The van der Waals surface area contributed by atoms with Crippen LogP contribution in [0.15, 0.2) is 53.6 Å². The van der Waals surface area contributed by atoms with Crippen LogP contribution in [0.3, 0.4) is 0 Å². The van der Waals surface area contributed by atoms with E-state index in [1.807, 2.05) is 13.8 Å². The van der Waals surface area contributed by atoms with Crippen LogP contribution in [0.1, 0.15) is 46.8 Å². The van der Waals surface area contributed by atoms with Gasteiger partial charge >= 0.3 is 0 Å². The number of nitrogens with one attached hydrogen (secondary N) is 2. The Bertz CT molecular complexity index is 1420. The number of benzene rings is 2. The van der Waals surface area contributed by atoms with Crippen LogP contribution in [-0.4, -0.2) is 39.4 Å². The van der Waals surface area contributed by atoms with E-state index in [4.69, 9.17) is 4.74 Å². The number of nitrogens with zero attached hydrogens (tertiary/aromatic N) is 1. The van der Waals surface area contributed by atoms with Gasteiger partial charge in [0, 0.05) is 24.9 Å². The molecule has 0 spiro atoms. The number of sulfonamides is 1. The number of carbonyl (C=O) groups excluding carboxylic acids is 2. The number of aryl methyl sites for hydroxylation is 1. The molecular weight excluding hydrogens is 485 g/mol. The second kappa shape index (κ2) is 10.9. The molecular formula is C26H28FN3O5S. The van der Waals surface area contributed by atoms with E-state index in [0.717, 1.165) is 0 Å². The molecule has 1 heterocycles. The van der Waals surface area contributed by atoms with Crippen LogP contribution in [0, 0.1) is 12.7 Å². The Hall–Kier alpha value is -3.79. The average Bonchev–Trinajstić information content (AvgIpc) is 2.83. The molecule has 1 aromatic heterocycles. The van der Waals surface area contributed by atoms with Crippen molar-refractivity contribution in [3.63, 3.8) is 0 Å². The van der Waals surface area contributed by atoms with E-state index in [9.17, 15) is 22.4 Å². The highest BCUT2D eigenvalue weighted by Crippen LogP contribution is 2.33. The maximum Gasteiger partial charge on any atom is 0.264 e. The highest BCUT2D eigenvalue weighted by molar-refractivity contribution is 7.90. The molecule has 0 fully saturated rings. The third-order valence-electron chi connectivity index (χ3n) is 5.67. The zero-order valence-corrected chi connectivity index (χ0v) is 21.5. The van der Waals surface area contributed by atoms with Crippen molar-refractivity contribution >= 4 is 21.8 Å². The first kappa shape index (κ1) is 26.8. The van der Waals surface area contributed by atoms with Crippen molar-refractivity contribution in [3.8, 4) is 17.0 Å². The standard InChI is InChI=1S/C26H28FN3O5S/c1-15(2)20-12-19(27)13-21(17-8-9-29-25(11-17)35-5)22(20)14-24(31)30-36(33,34)23-7-6-18(10-16(23)3)26(32)28-4/h6-13,15H,14H2,1-5H3,(H,28,32)(H,30,31). The summed E-state index contributed by atoms with van der Waals surface area (Å²) in [6.07, 6.45) is 1.20. The van der Waals surface area contributed by atoms with E-state index >= 15 is 0 Å².